The number of pyridine rings is 1. The lowest BCUT2D eigenvalue weighted by atomic mass is 10.1. The minimum atomic E-state index is 0.688. The van der Waals surface area contributed by atoms with Gasteiger partial charge in [0.05, 0.1) is 17.1 Å². The zero-order chi connectivity index (χ0) is 17.8. The molecule has 0 radical (unpaired) electrons. The van der Waals surface area contributed by atoms with Crippen LogP contribution in [0.5, 0.6) is 0 Å². The Hall–Kier alpha value is -2.53. The van der Waals surface area contributed by atoms with E-state index in [2.05, 4.69) is 26.3 Å². The molecule has 2 aromatic heterocycles. The van der Waals surface area contributed by atoms with Crippen LogP contribution in [-0.2, 0) is 20.1 Å². The molecule has 2 heterocycles. The summed E-state index contributed by atoms with van der Waals surface area (Å²) in [6.45, 7) is 1.41. The summed E-state index contributed by atoms with van der Waals surface area (Å²) < 4.78 is 2.03. The van der Waals surface area contributed by atoms with Crippen LogP contribution in [0.1, 0.15) is 11.3 Å². The zero-order valence-corrected chi connectivity index (χ0v) is 15.5. The monoisotopic (exact) mass is 355 g/mol. The molecule has 6 heteroatoms. The Morgan fingerprint density at radius 2 is 2.12 bits per heavy atom. The summed E-state index contributed by atoms with van der Waals surface area (Å²) >= 11 is 6.07. The maximum Gasteiger partial charge on any atom is 0.194 e. The number of para-hydroxylation sites is 1. The summed E-state index contributed by atoms with van der Waals surface area (Å²) in [6, 6.07) is 12.2. The van der Waals surface area contributed by atoms with Crippen molar-refractivity contribution in [3.05, 3.63) is 65.1 Å². The van der Waals surface area contributed by atoms with Gasteiger partial charge in [-0.3, -0.25) is 9.98 Å². The number of nitrogens with one attached hydrogen (secondary N) is 1. The lowest BCUT2D eigenvalue weighted by Gasteiger charge is -2.22. The van der Waals surface area contributed by atoms with E-state index < -0.39 is 0 Å². The molecule has 0 unspecified atom stereocenters. The first kappa shape index (κ1) is 17.3. The number of benzene rings is 1. The van der Waals surface area contributed by atoms with Crippen molar-refractivity contribution in [2.75, 3.05) is 14.1 Å². The second kappa shape index (κ2) is 7.57. The number of hydrogen-bond donors (Lipinski definition) is 1. The highest BCUT2D eigenvalue weighted by Crippen LogP contribution is 2.16. The molecule has 1 aromatic carbocycles. The number of rotatable bonds is 4. The van der Waals surface area contributed by atoms with Crippen LogP contribution in [0.3, 0.4) is 0 Å². The molecular weight excluding hydrogens is 334 g/mol. The van der Waals surface area contributed by atoms with Crippen molar-refractivity contribution >= 4 is 28.5 Å². The lowest BCUT2D eigenvalue weighted by Crippen LogP contribution is -2.38. The van der Waals surface area contributed by atoms with E-state index in [1.807, 2.05) is 61.4 Å². The van der Waals surface area contributed by atoms with Gasteiger partial charge in [-0.15, -0.1) is 0 Å². The number of fused-ring (bicyclic) bond motifs is 1. The van der Waals surface area contributed by atoms with E-state index in [0.717, 1.165) is 34.1 Å². The first-order chi connectivity index (χ1) is 12.1. The predicted octanol–water partition coefficient (Wildman–Crippen LogP) is 3.43. The molecule has 3 rings (SSSR count). The van der Waals surface area contributed by atoms with Gasteiger partial charge >= 0.3 is 0 Å². The topological polar surface area (TPSA) is 45.5 Å². The number of aryl methyl sites for hydroxylation is 1. The van der Waals surface area contributed by atoms with Crippen molar-refractivity contribution in [3.8, 4) is 0 Å². The Labute approximate surface area is 153 Å². The Morgan fingerprint density at radius 3 is 2.84 bits per heavy atom. The minimum Gasteiger partial charge on any atom is -0.352 e. The summed E-state index contributed by atoms with van der Waals surface area (Å²) in [4.78, 5) is 10.9. The summed E-state index contributed by atoms with van der Waals surface area (Å²) in [5, 5.41) is 5.33. The fourth-order valence-corrected chi connectivity index (χ4v) is 3.18. The molecule has 0 atom stereocenters. The van der Waals surface area contributed by atoms with Gasteiger partial charge in [-0.2, -0.15) is 0 Å². The third-order valence-corrected chi connectivity index (χ3v) is 4.43. The third kappa shape index (κ3) is 3.94. The number of halogens is 1. The molecule has 130 valence electrons. The van der Waals surface area contributed by atoms with Crippen molar-refractivity contribution < 1.29 is 0 Å². The first-order valence-corrected chi connectivity index (χ1v) is 8.51. The maximum absolute atomic E-state index is 6.07. The number of hydrogen-bond acceptors (Lipinski definition) is 2. The second-order valence-corrected chi connectivity index (χ2v) is 6.44. The summed E-state index contributed by atoms with van der Waals surface area (Å²) in [6.07, 6.45) is 3.75. The van der Waals surface area contributed by atoms with Crippen molar-refractivity contribution in [3.63, 3.8) is 0 Å². The number of aliphatic imine (C=N–C) groups is 1. The Kier molecular flexibility index (Phi) is 5.24. The highest BCUT2D eigenvalue weighted by Gasteiger charge is 2.10. The van der Waals surface area contributed by atoms with Crippen LogP contribution in [0.25, 0.3) is 10.9 Å². The molecular formula is C19H22ClN5. The van der Waals surface area contributed by atoms with Crippen LogP contribution >= 0.6 is 11.6 Å². The van der Waals surface area contributed by atoms with E-state index in [-0.39, 0.29) is 0 Å². The highest BCUT2D eigenvalue weighted by atomic mass is 35.5. The number of nitrogens with zero attached hydrogens (tertiary/aromatic N) is 4. The molecule has 0 aliphatic heterocycles. The molecule has 0 saturated heterocycles. The van der Waals surface area contributed by atoms with Crippen molar-refractivity contribution in [1.29, 1.82) is 0 Å². The number of aromatic nitrogens is 2. The van der Waals surface area contributed by atoms with Crippen LogP contribution < -0.4 is 5.32 Å². The van der Waals surface area contributed by atoms with Crippen molar-refractivity contribution in [2.24, 2.45) is 12.0 Å². The van der Waals surface area contributed by atoms with Gasteiger partial charge in [0.25, 0.3) is 0 Å². The molecule has 0 aliphatic carbocycles. The van der Waals surface area contributed by atoms with Gasteiger partial charge in [-0.1, -0.05) is 29.8 Å². The van der Waals surface area contributed by atoms with E-state index >= 15 is 0 Å². The molecule has 0 saturated carbocycles. The fraction of sp³-hybridized carbons (Fsp3) is 0.263. The Balaban J connectivity index is 1.71. The second-order valence-electron chi connectivity index (χ2n) is 6.00. The summed E-state index contributed by atoms with van der Waals surface area (Å²) in [5.74, 6) is 0.832. The Bertz CT molecular complexity index is 894. The number of guanidine groups is 1. The average molecular weight is 356 g/mol. The molecule has 25 heavy (non-hydrogen) atoms. The van der Waals surface area contributed by atoms with Gasteiger partial charge < -0.3 is 14.8 Å². The van der Waals surface area contributed by atoms with Crippen LogP contribution in [0, 0.1) is 0 Å². The molecule has 0 amide bonds. The smallest absolute Gasteiger partial charge is 0.194 e. The van der Waals surface area contributed by atoms with Crippen LogP contribution in [-0.4, -0.2) is 34.5 Å². The Morgan fingerprint density at radius 1 is 1.32 bits per heavy atom. The van der Waals surface area contributed by atoms with E-state index in [4.69, 9.17) is 11.6 Å². The van der Waals surface area contributed by atoms with Crippen LogP contribution in [0.15, 0.2) is 53.8 Å². The average Bonchev–Trinajstić information content (AvgIpc) is 2.92. The molecule has 1 N–H and O–H groups in total. The predicted molar refractivity (Wildman–Crippen MR) is 104 cm³/mol. The molecule has 0 fully saturated rings. The van der Waals surface area contributed by atoms with Gasteiger partial charge in [0.1, 0.15) is 0 Å². The SMILES string of the molecule is CN=C(NCc1ccnc2ccccc12)N(C)Cc1cc(Cl)cn1C. The molecule has 5 nitrogen and oxygen atoms in total. The van der Waals surface area contributed by atoms with E-state index in [0.29, 0.717) is 6.54 Å². The highest BCUT2D eigenvalue weighted by molar-refractivity contribution is 6.30. The fourth-order valence-electron chi connectivity index (χ4n) is 2.91. The summed E-state index contributed by atoms with van der Waals surface area (Å²) in [7, 11) is 5.80. The maximum atomic E-state index is 6.07. The molecule has 3 aromatic rings. The molecule has 0 spiro atoms. The molecule has 0 aliphatic rings. The van der Waals surface area contributed by atoms with Gasteiger partial charge in [0.15, 0.2) is 5.96 Å². The lowest BCUT2D eigenvalue weighted by molar-refractivity contribution is 0.462. The standard InChI is InChI=1S/C19H22ClN5/c1-21-19(25(3)13-16-10-15(20)12-24(16)2)23-11-14-8-9-22-18-7-5-4-6-17(14)18/h4-10,12H,11,13H2,1-3H3,(H,21,23). The first-order valence-electron chi connectivity index (χ1n) is 8.13. The van der Waals surface area contributed by atoms with Crippen molar-refractivity contribution in [1.82, 2.24) is 19.8 Å². The summed E-state index contributed by atoms with van der Waals surface area (Å²) in [5.41, 5.74) is 3.33. The van der Waals surface area contributed by atoms with Gasteiger partial charge in [-0.25, -0.2) is 0 Å². The van der Waals surface area contributed by atoms with E-state index in [9.17, 15) is 0 Å². The van der Waals surface area contributed by atoms with Crippen molar-refractivity contribution in [2.45, 2.75) is 13.1 Å². The van der Waals surface area contributed by atoms with Gasteiger partial charge in [-0.05, 0) is 23.8 Å². The largest absolute Gasteiger partial charge is 0.352 e. The quantitative estimate of drug-likeness (QED) is 0.576. The third-order valence-electron chi connectivity index (χ3n) is 4.22. The van der Waals surface area contributed by atoms with Crippen LogP contribution in [0.2, 0.25) is 5.02 Å². The zero-order valence-electron chi connectivity index (χ0n) is 14.7. The molecule has 0 bridgehead atoms. The van der Waals surface area contributed by atoms with Crippen LogP contribution in [0.4, 0.5) is 0 Å². The van der Waals surface area contributed by atoms with Gasteiger partial charge in [0, 0.05) is 51.2 Å². The van der Waals surface area contributed by atoms with E-state index in [1.165, 1.54) is 5.56 Å². The minimum absolute atomic E-state index is 0.688. The van der Waals surface area contributed by atoms with E-state index in [1.54, 1.807) is 7.05 Å². The van der Waals surface area contributed by atoms with Gasteiger partial charge in [0.2, 0.25) is 0 Å². The normalized spacial score (nSPS) is 11.8.